The molecule has 0 saturated carbocycles. The second-order valence-electron chi connectivity index (χ2n) is 6.54. The first-order chi connectivity index (χ1) is 11.4. The Morgan fingerprint density at radius 1 is 1.33 bits per heavy atom. The Morgan fingerprint density at radius 3 is 2.54 bits per heavy atom. The van der Waals surface area contributed by atoms with Crippen LogP contribution in [0.2, 0.25) is 0 Å². The molecule has 0 radical (unpaired) electrons. The molecule has 1 saturated heterocycles. The van der Waals surface area contributed by atoms with Crippen LogP contribution in [0.5, 0.6) is 0 Å². The molecular weight excluding hydrogens is 304 g/mol. The summed E-state index contributed by atoms with van der Waals surface area (Å²) in [6.45, 7) is 8.28. The number of aromatic nitrogens is 2. The Hall–Kier alpha value is -2.05. The van der Waals surface area contributed by atoms with Crippen LogP contribution in [0.15, 0.2) is 4.99 Å². The molecule has 1 aromatic rings. The number of hydrogen-bond acceptors (Lipinski definition) is 3. The monoisotopic (exact) mass is 334 g/mol. The summed E-state index contributed by atoms with van der Waals surface area (Å²) in [6, 6.07) is 0.194. The van der Waals surface area contributed by atoms with Gasteiger partial charge in [-0.05, 0) is 45.6 Å². The maximum Gasteiger partial charge on any atom is 0.241 e. The largest absolute Gasteiger partial charge is 0.354 e. The Labute approximate surface area is 144 Å². The maximum absolute atomic E-state index is 12.1. The van der Waals surface area contributed by atoms with Gasteiger partial charge >= 0.3 is 0 Å². The molecule has 1 aromatic heterocycles. The average molecular weight is 334 g/mol. The van der Waals surface area contributed by atoms with E-state index >= 15 is 0 Å². The van der Waals surface area contributed by atoms with E-state index in [1.54, 1.807) is 7.05 Å². The van der Waals surface area contributed by atoms with Crippen LogP contribution < -0.4 is 10.6 Å². The van der Waals surface area contributed by atoms with Gasteiger partial charge in [0.1, 0.15) is 0 Å². The van der Waals surface area contributed by atoms with Gasteiger partial charge in [0, 0.05) is 38.9 Å². The molecule has 1 aliphatic rings. The van der Waals surface area contributed by atoms with Crippen LogP contribution in [0.25, 0.3) is 0 Å². The van der Waals surface area contributed by atoms with Crippen molar-refractivity contribution in [2.24, 2.45) is 12.0 Å². The topological polar surface area (TPSA) is 74.6 Å². The van der Waals surface area contributed by atoms with Gasteiger partial charge in [0.25, 0.3) is 0 Å². The molecule has 1 atom stereocenters. The highest BCUT2D eigenvalue weighted by atomic mass is 16.2. The van der Waals surface area contributed by atoms with Gasteiger partial charge in [-0.1, -0.05) is 0 Å². The quantitative estimate of drug-likeness (QED) is 0.616. The Balaban J connectivity index is 1.84. The van der Waals surface area contributed by atoms with Crippen molar-refractivity contribution in [2.75, 3.05) is 26.7 Å². The van der Waals surface area contributed by atoms with E-state index in [1.807, 2.05) is 23.6 Å². The number of aryl methyl sites for hydroxylation is 2. The molecular formula is C17H30N6O. The van der Waals surface area contributed by atoms with Crippen LogP contribution >= 0.6 is 0 Å². The van der Waals surface area contributed by atoms with E-state index in [0.29, 0.717) is 5.96 Å². The lowest BCUT2D eigenvalue weighted by Gasteiger charge is -2.20. The number of rotatable bonds is 5. The first kappa shape index (κ1) is 18.3. The average Bonchev–Trinajstić information content (AvgIpc) is 3.16. The first-order valence-corrected chi connectivity index (χ1v) is 8.66. The molecule has 2 N–H and O–H groups in total. The van der Waals surface area contributed by atoms with E-state index in [1.165, 1.54) is 11.3 Å². The van der Waals surface area contributed by atoms with Crippen molar-refractivity contribution in [3.63, 3.8) is 0 Å². The highest BCUT2D eigenvalue weighted by molar-refractivity contribution is 5.86. The lowest BCUT2D eigenvalue weighted by molar-refractivity contribution is -0.128. The van der Waals surface area contributed by atoms with Crippen molar-refractivity contribution in [3.8, 4) is 0 Å². The number of nitrogens with one attached hydrogen (secondary N) is 2. The predicted molar refractivity (Wildman–Crippen MR) is 96.2 cm³/mol. The number of hydrogen-bond donors (Lipinski definition) is 2. The van der Waals surface area contributed by atoms with E-state index in [-0.39, 0.29) is 18.5 Å². The van der Waals surface area contributed by atoms with Crippen LogP contribution in [0, 0.1) is 13.8 Å². The number of aliphatic imine (C=N–C) groups is 1. The molecule has 1 aliphatic heterocycles. The van der Waals surface area contributed by atoms with E-state index in [4.69, 9.17) is 0 Å². The van der Waals surface area contributed by atoms with E-state index < -0.39 is 0 Å². The molecule has 7 heteroatoms. The molecule has 134 valence electrons. The fourth-order valence-corrected chi connectivity index (χ4v) is 3.14. The van der Waals surface area contributed by atoms with E-state index in [0.717, 1.165) is 38.0 Å². The summed E-state index contributed by atoms with van der Waals surface area (Å²) < 4.78 is 1.92. The smallest absolute Gasteiger partial charge is 0.241 e. The molecule has 0 aliphatic carbocycles. The van der Waals surface area contributed by atoms with Gasteiger partial charge in [0.05, 0.1) is 12.2 Å². The second-order valence-corrected chi connectivity index (χ2v) is 6.54. The molecule has 1 fully saturated rings. The standard InChI is InChI=1S/C17H30N6O/c1-12(10-15-13(2)21-22(5)14(15)3)20-17(18-4)19-11-16(24)23-8-6-7-9-23/h12H,6-11H2,1-5H3,(H2,18,19,20). The summed E-state index contributed by atoms with van der Waals surface area (Å²) in [6.07, 6.45) is 3.09. The lowest BCUT2D eigenvalue weighted by Crippen LogP contribution is -2.47. The second kappa shape index (κ2) is 8.17. The molecule has 0 aromatic carbocycles. The molecule has 2 rings (SSSR count). The molecule has 0 bridgehead atoms. The van der Waals surface area contributed by atoms with Crippen molar-refractivity contribution < 1.29 is 4.79 Å². The molecule has 7 nitrogen and oxygen atoms in total. The fourth-order valence-electron chi connectivity index (χ4n) is 3.14. The third-order valence-corrected chi connectivity index (χ3v) is 4.64. The van der Waals surface area contributed by atoms with Crippen LogP contribution in [0.1, 0.15) is 36.7 Å². The SMILES string of the molecule is CN=C(NCC(=O)N1CCCC1)NC(C)Cc1c(C)nn(C)c1C. The minimum atomic E-state index is 0.141. The number of carbonyl (C=O) groups excluding carboxylic acids is 1. The highest BCUT2D eigenvalue weighted by Crippen LogP contribution is 2.14. The third kappa shape index (κ3) is 4.49. The molecule has 1 amide bonds. The van der Waals surface area contributed by atoms with Crippen LogP contribution in [-0.2, 0) is 18.3 Å². The maximum atomic E-state index is 12.1. The zero-order chi connectivity index (χ0) is 17.7. The number of carbonyl (C=O) groups is 1. The van der Waals surface area contributed by atoms with Crippen molar-refractivity contribution in [1.29, 1.82) is 0 Å². The molecule has 24 heavy (non-hydrogen) atoms. The minimum absolute atomic E-state index is 0.141. The Morgan fingerprint density at radius 2 is 2.00 bits per heavy atom. The fraction of sp³-hybridized carbons (Fsp3) is 0.706. The third-order valence-electron chi connectivity index (χ3n) is 4.64. The molecule has 0 spiro atoms. The summed E-state index contributed by atoms with van der Waals surface area (Å²) in [5, 5.41) is 10.9. The summed E-state index contributed by atoms with van der Waals surface area (Å²) in [4.78, 5) is 18.2. The van der Waals surface area contributed by atoms with Gasteiger partial charge in [0.2, 0.25) is 5.91 Å². The van der Waals surface area contributed by atoms with Gasteiger partial charge < -0.3 is 15.5 Å². The molecule has 2 heterocycles. The van der Waals surface area contributed by atoms with Gasteiger partial charge in [-0.3, -0.25) is 14.5 Å². The van der Waals surface area contributed by atoms with Crippen LogP contribution in [0.3, 0.4) is 0 Å². The highest BCUT2D eigenvalue weighted by Gasteiger charge is 2.18. The van der Waals surface area contributed by atoms with Crippen LogP contribution in [0.4, 0.5) is 0 Å². The van der Waals surface area contributed by atoms with Gasteiger partial charge in [-0.25, -0.2) is 0 Å². The van der Waals surface area contributed by atoms with Gasteiger partial charge in [0.15, 0.2) is 5.96 Å². The number of guanidine groups is 1. The summed E-state index contributed by atoms with van der Waals surface area (Å²) >= 11 is 0. The van der Waals surface area contributed by atoms with Gasteiger partial charge in [-0.15, -0.1) is 0 Å². The number of nitrogens with zero attached hydrogens (tertiary/aromatic N) is 4. The number of amides is 1. The minimum Gasteiger partial charge on any atom is -0.354 e. The molecule has 1 unspecified atom stereocenters. The van der Waals surface area contributed by atoms with Crippen molar-refractivity contribution in [3.05, 3.63) is 17.0 Å². The predicted octanol–water partition coefficient (Wildman–Crippen LogP) is 0.755. The lowest BCUT2D eigenvalue weighted by atomic mass is 10.1. The number of likely N-dealkylation sites (tertiary alicyclic amines) is 1. The van der Waals surface area contributed by atoms with Crippen molar-refractivity contribution in [2.45, 2.75) is 46.1 Å². The normalized spacial score (nSPS) is 16.4. The van der Waals surface area contributed by atoms with Crippen molar-refractivity contribution in [1.82, 2.24) is 25.3 Å². The Bertz CT molecular complexity index is 600. The van der Waals surface area contributed by atoms with Gasteiger partial charge in [-0.2, -0.15) is 5.10 Å². The summed E-state index contributed by atoms with van der Waals surface area (Å²) in [5.41, 5.74) is 3.52. The zero-order valence-corrected chi connectivity index (χ0v) is 15.5. The first-order valence-electron chi connectivity index (χ1n) is 8.66. The van der Waals surface area contributed by atoms with E-state index in [9.17, 15) is 4.79 Å². The summed E-state index contributed by atoms with van der Waals surface area (Å²) in [5.74, 6) is 0.802. The van der Waals surface area contributed by atoms with Crippen LogP contribution in [-0.4, -0.2) is 59.3 Å². The zero-order valence-electron chi connectivity index (χ0n) is 15.5. The summed E-state index contributed by atoms with van der Waals surface area (Å²) in [7, 11) is 3.69. The Kier molecular flexibility index (Phi) is 6.23. The van der Waals surface area contributed by atoms with E-state index in [2.05, 4.69) is 34.6 Å². The van der Waals surface area contributed by atoms with Crippen molar-refractivity contribution >= 4 is 11.9 Å².